The van der Waals surface area contributed by atoms with Gasteiger partial charge in [0.05, 0.1) is 18.6 Å². The summed E-state index contributed by atoms with van der Waals surface area (Å²) < 4.78 is 5.28. The molecule has 1 atom stereocenters. The van der Waals surface area contributed by atoms with E-state index in [1.165, 1.54) is 0 Å². The number of carbonyl (C=O) groups is 1. The third-order valence-corrected chi connectivity index (χ3v) is 2.66. The van der Waals surface area contributed by atoms with Gasteiger partial charge in [-0.15, -0.1) is 0 Å². The highest BCUT2D eigenvalue weighted by molar-refractivity contribution is 5.79. The molecule has 4 nitrogen and oxygen atoms in total. The van der Waals surface area contributed by atoms with Crippen LogP contribution in [0.3, 0.4) is 0 Å². The van der Waals surface area contributed by atoms with Crippen molar-refractivity contribution in [1.82, 2.24) is 4.90 Å². The Labute approximate surface area is 90.8 Å². The molecule has 1 heterocycles. The molecule has 0 aliphatic carbocycles. The molecule has 0 aromatic carbocycles. The zero-order chi connectivity index (χ0) is 11.3. The van der Waals surface area contributed by atoms with Crippen molar-refractivity contribution in [3.8, 4) is 6.07 Å². The monoisotopic (exact) mass is 210 g/mol. The zero-order valence-electron chi connectivity index (χ0n) is 9.40. The average molecular weight is 210 g/mol. The standard InChI is InChI=1S/C11H18N2O2/c1-9(2)13(6-5-12)11(14)10-4-3-7-15-8-10/h9-10H,3-4,6-8H2,1-2H3. The fraction of sp³-hybridized carbons (Fsp3) is 0.818. The van der Waals surface area contributed by atoms with Crippen LogP contribution in [0.25, 0.3) is 0 Å². The summed E-state index contributed by atoms with van der Waals surface area (Å²) in [6.45, 7) is 5.29. The molecule has 0 aromatic rings. The Morgan fingerprint density at radius 1 is 1.67 bits per heavy atom. The highest BCUT2D eigenvalue weighted by Crippen LogP contribution is 2.17. The Balaban J connectivity index is 2.58. The lowest BCUT2D eigenvalue weighted by Crippen LogP contribution is -2.43. The second-order valence-electron chi connectivity index (χ2n) is 4.13. The van der Waals surface area contributed by atoms with Crippen LogP contribution in [0.2, 0.25) is 0 Å². The summed E-state index contributed by atoms with van der Waals surface area (Å²) in [7, 11) is 0. The van der Waals surface area contributed by atoms with Gasteiger partial charge < -0.3 is 9.64 Å². The molecule has 1 amide bonds. The maximum Gasteiger partial charge on any atom is 0.229 e. The minimum atomic E-state index is -0.0468. The summed E-state index contributed by atoms with van der Waals surface area (Å²) in [5, 5.41) is 8.66. The van der Waals surface area contributed by atoms with Gasteiger partial charge in [0.25, 0.3) is 0 Å². The summed E-state index contributed by atoms with van der Waals surface area (Å²) >= 11 is 0. The van der Waals surface area contributed by atoms with Crippen LogP contribution in [0.5, 0.6) is 0 Å². The first kappa shape index (κ1) is 12.0. The number of carbonyl (C=O) groups excluding carboxylic acids is 1. The number of hydrogen-bond acceptors (Lipinski definition) is 3. The Bertz CT molecular complexity index is 252. The molecule has 1 saturated heterocycles. The molecule has 1 rings (SSSR count). The van der Waals surface area contributed by atoms with E-state index in [9.17, 15) is 4.79 Å². The largest absolute Gasteiger partial charge is 0.381 e. The predicted molar refractivity (Wildman–Crippen MR) is 56.0 cm³/mol. The third kappa shape index (κ3) is 3.21. The molecule has 0 spiro atoms. The molecule has 84 valence electrons. The van der Waals surface area contributed by atoms with Crippen LogP contribution in [0.4, 0.5) is 0 Å². The normalized spacial score (nSPS) is 21.1. The van der Waals surface area contributed by atoms with Gasteiger partial charge in [0, 0.05) is 12.6 Å². The van der Waals surface area contributed by atoms with Crippen LogP contribution in [-0.4, -0.2) is 36.6 Å². The minimum absolute atomic E-state index is 0.0468. The van der Waals surface area contributed by atoms with Gasteiger partial charge in [0.2, 0.25) is 5.91 Å². The van der Waals surface area contributed by atoms with Crippen LogP contribution in [0, 0.1) is 17.2 Å². The van der Waals surface area contributed by atoms with Crippen molar-refractivity contribution < 1.29 is 9.53 Å². The van der Waals surface area contributed by atoms with Crippen LogP contribution >= 0.6 is 0 Å². The first-order valence-corrected chi connectivity index (χ1v) is 5.42. The Kier molecular flexibility index (Phi) is 4.57. The smallest absolute Gasteiger partial charge is 0.229 e. The van der Waals surface area contributed by atoms with E-state index in [1.807, 2.05) is 19.9 Å². The zero-order valence-corrected chi connectivity index (χ0v) is 9.40. The van der Waals surface area contributed by atoms with Gasteiger partial charge in [-0.1, -0.05) is 0 Å². The summed E-state index contributed by atoms with van der Waals surface area (Å²) in [6.07, 6.45) is 1.82. The SMILES string of the molecule is CC(C)N(CC#N)C(=O)C1CCCOC1. The van der Waals surface area contributed by atoms with E-state index >= 15 is 0 Å². The van der Waals surface area contributed by atoms with Crippen molar-refractivity contribution >= 4 is 5.91 Å². The first-order valence-electron chi connectivity index (χ1n) is 5.42. The van der Waals surface area contributed by atoms with Crippen molar-refractivity contribution in [2.45, 2.75) is 32.7 Å². The van der Waals surface area contributed by atoms with E-state index < -0.39 is 0 Å². The lowest BCUT2D eigenvalue weighted by atomic mass is 10.00. The Morgan fingerprint density at radius 2 is 2.40 bits per heavy atom. The number of hydrogen-bond donors (Lipinski definition) is 0. The molecule has 1 unspecified atom stereocenters. The van der Waals surface area contributed by atoms with Gasteiger partial charge in [0.15, 0.2) is 0 Å². The van der Waals surface area contributed by atoms with Gasteiger partial charge in [-0.2, -0.15) is 5.26 Å². The van der Waals surface area contributed by atoms with Crippen molar-refractivity contribution in [1.29, 1.82) is 5.26 Å². The van der Waals surface area contributed by atoms with Crippen LogP contribution in [0.15, 0.2) is 0 Å². The van der Waals surface area contributed by atoms with Crippen molar-refractivity contribution in [2.24, 2.45) is 5.92 Å². The van der Waals surface area contributed by atoms with Crippen molar-refractivity contribution in [2.75, 3.05) is 19.8 Å². The molecule has 15 heavy (non-hydrogen) atoms. The molecule has 0 aromatic heterocycles. The summed E-state index contributed by atoms with van der Waals surface area (Å²) in [5.74, 6) is 0.0146. The predicted octanol–water partition coefficient (Wildman–Crippen LogP) is 1.17. The number of nitrogens with zero attached hydrogens (tertiary/aromatic N) is 2. The van der Waals surface area contributed by atoms with Crippen molar-refractivity contribution in [3.63, 3.8) is 0 Å². The Morgan fingerprint density at radius 3 is 2.87 bits per heavy atom. The summed E-state index contributed by atoms with van der Waals surface area (Å²) in [4.78, 5) is 13.6. The number of nitriles is 1. The van der Waals surface area contributed by atoms with Crippen LogP contribution in [-0.2, 0) is 9.53 Å². The molecule has 0 saturated carbocycles. The number of amides is 1. The van der Waals surface area contributed by atoms with E-state index in [0.29, 0.717) is 6.61 Å². The second kappa shape index (κ2) is 5.72. The third-order valence-electron chi connectivity index (χ3n) is 2.66. The second-order valence-corrected chi connectivity index (χ2v) is 4.13. The van der Waals surface area contributed by atoms with Gasteiger partial charge in [-0.25, -0.2) is 0 Å². The molecule has 4 heteroatoms. The highest BCUT2D eigenvalue weighted by Gasteiger charge is 2.27. The first-order chi connectivity index (χ1) is 7.16. The minimum Gasteiger partial charge on any atom is -0.381 e. The maximum atomic E-state index is 12.0. The lowest BCUT2D eigenvalue weighted by molar-refractivity contribution is -0.140. The topological polar surface area (TPSA) is 53.3 Å². The van der Waals surface area contributed by atoms with E-state index in [2.05, 4.69) is 0 Å². The average Bonchev–Trinajstić information content (AvgIpc) is 2.26. The quantitative estimate of drug-likeness (QED) is 0.657. The van der Waals surface area contributed by atoms with Crippen LogP contribution in [0.1, 0.15) is 26.7 Å². The van der Waals surface area contributed by atoms with E-state index in [0.717, 1.165) is 19.4 Å². The van der Waals surface area contributed by atoms with Gasteiger partial charge in [0.1, 0.15) is 6.54 Å². The molecule has 0 N–H and O–H groups in total. The van der Waals surface area contributed by atoms with Crippen LogP contribution < -0.4 is 0 Å². The molecular weight excluding hydrogens is 192 g/mol. The summed E-state index contributed by atoms with van der Waals surface area (Å²) in [6, 6.07) is 2.12. The molecule has 0 radical (unpaired) electrons. The lowest BCUT2D eigenvalue weighted by Gasteiger charge is -2.30. The van der Waals surface area contributed by atoms with E-state index in [-0.39, 0.29) is 24.4 Å². The summed E-state index contributed by atoms with van der Waals surface area (Å²) in [5.41, 5.74) is 0. The van der Waals surface area contributed by atoms with E-state index in [4.69, 9.17) is 10.00 Å². The maximum absolute atomic E-state index is 12.0. The number of ether oxygens (including phenoxy) is 1. The number of rotatable bonds is 3. The van der Waals surface area contributed by atoms with Gasteiger partial charge in [-0.3, -0.25) is 4.79 Å². The molecular formula is C11H18N2O2. The Hall–Kier alpha value is -1.08. The van der Waals surface area contributed by atoms with Crippen molar-refractivity contribution in [3.05, 3.63) is 0 Å². The fourth-order valence-corrected chi connectivity index (χ4v) is 1.76. The van der Waals surface area contributed by atoms with E-state index in [1.54, 1.807) is 4.90 Å². The molecule has 1 fully saturated rings. The van der Waals surface area contributed by atoms with Gasteiger partial charge in [-0.05, 0) is 26.7 Å². The highest BCUT2D eigenvalue weighted by atomic mass is 16.5. The molecule has 1 aliphatic heterocycles. The van der Waals surface area contributed by atoms with Gasteiger partial charge >= 0.3 is 0 Å². The molecule has 1 aliphatic rings. The fourth-order valence-electron chi connectivity index (χ4n) is 1.76. The molecule has 0 bridgehead atoms.